The van der Waals surface area contributed by atoms with Crippen molar-refractivity contribution in [2.24, 2.45) is 5.84 Å². The van der Waals surface area contributed by atoms with Gasteiger partial charge in [0.2, 0.25) is 10.0 Å². The van der Waals surface area contributed by atoms with Crippen LogP contribution < -0.4 is 11.3 Å². The largest absolute Gasteiger partial charge is 0.324 e. The fraction of sp³-hybridized carbons (Fsp3) is 0.455. The maximum absolute atomic E-state index is 12.2. The summed E-state index contributed by atoms with van der Waals surface area (Å²) in [6.45, 7) is 4.81. The fourth-order valence-electron chi connectivity index (χ4n) is 1.57. The smallest absolute Gasteiger partial charge is 0.243 e. The predicted molar refractivity (Wildman–Crippen MR) is 69.0 cm³/mol. The van der Waals surface area contributed by atoms with Gasteiger partial charge in [-0.2, -0.15) is 4.31 Å². The Morgan fingerprint density at radius 1 is 1.24 bits per heavy atom. The molecule has 1 rings (SSSR count). The third-order valence-corrected chi connectivity index (χ3v) is 4.47. The molecule has 0 saturated carbocycles. The zero-order chi connectivity index (χ0) is 12.9. The molecule has 0 bridgehead atoms. The van der Waals surface area contributed by atoms with Gasteiger partial charge in [0.1, 0.15) is 0 Å². The number of nitrogens with one attached hydrogen (secondary N) is 1. The summed E-state index contributed by atoms with van der Waals surface area (Å²) in [5, 5.41) is 0. The Labute approximate surface area is 103 Å². The molecule has 0 aliphatic carbocycles. The van der Waals surface area contributed by atoms with Crippen molar-refractivity contribution < 1.29 is 8.42 Å². The summed E-state index contributed by atoms with van der Waals surface area (Å²) in [6.07, 6.45) is 0.801. The molecule has 96 valence electrons. The van der Waals surface area contributed by atoms with E-state index in [0.29, 0.717) is 23.7 Å². The van der Waals surface area contributed by atoms with E-state index in [0.717, 1.165) is 6.42 Å². The van der Waals surface area contributed by atoms with E-state index in [1.807, 2.05) is 13.8 Å². The zero-order valence-electron chi connectivity index (χ0n) is 10.2. The van der Waals surface area contributed by atoms with Crippen LogP contribution in [0.4, 0.5) is 5.69 Å². The van der Waals surface area contributed by atoms with Crippen molar-refractivity contribution in [3.8, 4) is 0 Å². The molecule has 0 spiro atoms. The average molecular weight is 257 g/mol. The third kappa shape index (κ3) is 3.18. The number of nitrogen functional groups attached to an aromatic ring is 1. The number of rotatable bonds is 6. The highest BCUT2D eigenvalue weighted by Gasteiger charge is 2.21. The van der Waals surface area contributed by atoms with Gasteiger partial charge in [-0.05, 0) is 30.7 Å². The molecule has 0 aliphatic heterocycles. The van der Waals surface area contributed by atoms with E-state index in [2.05, 4.69) is 5.43 Å². The minimum absolute atomic E-state index is 0.298. The summed E-state index contributed by atoms with van der Waals surface area (Å²) in [5.41, 5.74) is 3.15. The van der Waals surface area contributed by atoms with E-state index in [1.165, 1.54) is 4.31 Å². The van der Waals surface area contributed by atoms with E-state index in [9.17, 15) is 8.42 Å². The Kier molecular flexibility index (Phi) is 4.92. The molecule has 0 atom stereocenters. The van der Waals surface area contributed by atoms with Gasteiger partial charge < -0.3 is 5.43 Å². The molecule has 0 radical (unpaired) electrons. The standard InChI is InChI=1S/C11H19N3O2S/c1-3-9-14(4-2)17(15,16)11-7-5-10(13-12)6-8-11/h5-8,13H,3-4,9,12H2,1-2H3. The van der Waals surface area contributed by atoms with E-state index in [-0.39, 0.29) is 0 Å². The van der Waals surface area contributed by atoms with Gasteiger partial charge in [-0.3, -0.25) is 5.84 Å². The lowest BCUT2D eigenvalue weighted by atomic mass is 10.3. The molecule has 0 saturated heterocycles. The van der Waals surface area contributed by atoms with Crippen LogP contribution in [0, 0.1) is 0 Å². The van der Waals surface area contributed by atoms with Crippen LogP contribution in [0.2, 0.25) is 0 Å². The number of benzene rings is 1. The maximum atomic E-state index is 12.2. The van der Waals surface area contributed by atoms with E-state index < -0.39 is 10.0 Å². The second-order valence-electron chi connectivity index (χ2n) is 3.67. The van der Waals surface area contributed by atoms with Crippen molar-refractivity contribution >= 4 is 15.7 Å². The molecule has 6 heteroatoms. The lowest BCUT2D eigenvalue weighted by Gasteiger charge is -2.19. The Morgan fingerprint density at radius 2 is 1.82 bits per heavy atom. The summed E-state index contributed by atoms with van der Waals surface area (Å²) < 4.78 is 25.9. The van der Waals surface area contributed by atoms with Crippen molar-refractivity contribution in [1.82, 2.24) is 4.31 Å². The van der Waals surface area contributed by atoms with Gasteiger partial charge in [-0.15, -0.1) is 0 Å². The van der Waals surface area contributed by atoms with Gasteiger partial charge in [0.25, 0.3) is 0 Å². The number of hydrogen-bond donors (Lipinski definition) is 2. The molecule has 0 aliphatic rings. The van der Waals surface area contributed by atoms with Gasteiger partial charge >= 0.3 is 0 Å². The Balaban J connectivity index is 3.02. The molecule has 0 amide bonds. The molecule has 17 heavy (non-hydrogen) atoms. The molecule has 1 aromatic rings. The maximum Gasteiger partial charge on any atom is 0.243 e. The first-order valence-corrected chi connectivity index (χ1v) is 7.07. The molecule has 0 heterocycles. The van der Waals surface area contributed by atoms with Crippen LogP contribution in [0.5, 0.6) is 0 Å². The lowest BCUT2D eigenvalue weighted by molar-refractivity contribution is 0.427. The van der Waals surface area contributed by atoms with E-state index in [4.69, 9.17) is 5.84 Å². The summed E-state index contributed by atoms with van der Waals surface area (Å²) in [7, 11) is -3.37. The highest BCUT2D eigenvalue weighted by molar-refractivity contribution is 7.89. The number of nitrogens with two attached hydrogens (primary N) is 1. The second-order valence-corrected chi connectivity index (χ2v) is 5.60. The molecule has 5 nitrogen and oxygen atoms in total. The Morgan fingerprint density at radius 3 is 2.24 bits per heavy atom. The summed E-state index contributed by atoms with van der Waals surface area (Å²) >= 11 is 0. The third-order valence-electron chi connectivity index (χ3n) is 2.48. The van der Waals surface area contributed by atoms with Crippen molar-refractivity contribution in [1.29, 1.82) is 0 Å². The van der Waals surface area contributed by atoms with Crippen LogP contribution in [0.1, 0.15) is 20.3 Å². The molecule has 0 unspecified atom stereocenters. The van der Waals surface area contributed by atoms with Gasteiger partial charge in [0, 0.05) is 18.8 Å². The second kappa shape index (κ2) is 6.00. The van der Waals surface area contributed by atoms with Crippen LogP contribution >= 0.6 is 0 Å². The van der Waals surface area contributed by atoms with Gasteiger partial charge in [-0.1, -0.05) is 13.8 Å². The van der Waals surface area contributed by atoms with E-state index in [1.54, 1.807) is 24.3 Å². The SMILES string of the molecule is CCCN(CC)S(=O)(=O)c1ccc(NN)cc1. The first kappa shape index (κ1) is 14.0. The molecule has 0 aromatic heterocycles. The first-order valence-electron chi connectivity index (χ1n) is 5.63. The van der Waals surface area contributed by atoms with Crippen molar-refractivity contribution in [3.63, 3.8) is 0 Å². The van der Waals surface area contributed by atoms with Crippen molar-refractivity contribution in [2.45, 2.75) is 25.2 Å². The number of hydrazine groups is 1. The van der Waals surface area contributed by atoms with Crippen LogP contribution in [-0.4, -0.2) is 25.8 Å². The highest BCUT2D eigenvalue weighted by atomic mass is 32.2. The number of sulfonamides is 1. The van der Waals surface area contributed by atoms with Crippen LogP contribution in [0.3, 0.4) is 0 Å². The van der Waals surface area contributed by atoms with Gasteiger partial charge in [0.05, 0.1) is 4.90 Å². The van der Waals surface area contributed by atoms with Gasteiger partial charge in [-0.25, -0.2) is 8.42 Å². The van der Waals surface area contributed by atoms with Crippen LogP contribution in [-0.2, 0) is 10.0 Å². The Hall–Kier alpha value is -1.11. The molecule has 3 N–H and O–H groups in total. The summed E-state index contributed by atoms with van der Waals surface area (Å²) in [5.74, 6) is 5.23. The fourth-order valence-corrected chi connectivity index (χ4v) is 3.11. The van der Waals surface area contributed by atoms with E-state index >= 15 is 0 Å². The number of nitrogens with zero attached hydrogens (tertiary/aromatic N) is 1. The summed E-state index contributed by atoms with van der Waals surface area (Å²) in [4.78, 5) is 0.298. The molecular formula is C11H19N3O2S. The minimum Gasteiger partial charge on any atom is -0.324 e. The summed E-state index contributed by atoms with van der Waals surface area (Å²) in [6, 6.07) is 6.41. The number of hydrogen-bond acceptors (Lipinski definition) is 4. The zero-order valence-corrected chi connectivity index (χ0v) is 11.0. The topological polar surface area (TPSA) is 75.4 Å². The molecular weight excluding hydrogens is 238 g/mol. The quantitative estimate of drug-likeness (QED) is 0.596. The molecule has 1 aromatic carbocycles. The molecule has 0 fully saturated rings. The Bertz CT molecular complexity index is 442. The van der Waals surface area contributed by atoms with Crippen molar-refractivity contribution in [3.05, 3.63) is 24.3 Å². The van der Waals surface area contributed by atoms with Crippen LogP contribution in [0.15, 0.2) is 29.2 Å². The first-order chi connectivity index (χ1) is 8.06. The van der Waals surface area contributed by atoms with Crippen molar-refractivity contribution in [2.75, 3.05) is 18.5 Å². The van der Waals surface area contributed by atoms with Crippen LogP contribution in [0.25, 0.3) is 0 Å². The lowest BCUT2D eigenvalue weighted by Crippen LogP contribution is -2.31. The predicted octanol–water partition coefficient (Wildman–Crippen LogP) is 1.39. The minimum atomic E-state index is -3.37. The normalized spacial score (nSPS) is 11.8. The highest BCUT2D eigenvalue weighted by Crippen LogP contribution is 2.18. The number of anilines is 1. The monoisotopic (exact) mass is 257 g/mol. The average Bonchev–Trinajstić information content (AvgIpc) is 2.35. The van der Waals surface area contributed by atoms with Gasteiger partial charge in [0.15, 0.2) is 0 Å².